The molecule has 1 fully saturated rings. The summed E-state index contributed by atoms with van der Waals surface area (Å²) in [6.07, 6.45) is 4.14. The largest absolute Gasteiger partial charge is 0.355 e. The monoisotopic (exact) mass is 278 g/mol. The summed E-state index contributed by atoms with van der Waals surface area (Å²) in [7, 11) is 0. The maximum atomic E-state index is 12.8. The predicted octanol–water partition coefficient (Wildman–Crippen LogP) is 2.36. The standard InChI is InChI=1S/C16H23FN2O/c1-13-4-2-3-10-19(13)11-9-18-16(20)12-14-5-7-15(17)8-6-14/h5-8,13H,2-4,9-12H2,1H3,(H,18,20)/t13-/m0/s1. The molecule has 1 aromatic carbocycles. The summed E-state index contributed by atoms with van der Waals surface area (Å²) in [6.45, 7) is 4.98. The molecule has 110 valence electrons. The van der Waals surface area contributed by atoms with Crippen LogP contribution in [0.1, 0.15) is 31.7 Å². The first-order valence-corrected chi connectivity index (χ1v) is 7.40. The lowest BCUT2D eigenvalue weighted by Crippen LogP contribution is -2.42. The van der Waals surface area contributed by atoms with Gasteiger partial charge in [0.25, 0.3) is 0 Å². The van der Waals surface area contributed by atoms with Crippen molar-refractivity contribution in [1.82, 2.24) is 10.2 Å². The SMILES string of the molecule is C[C@H]1CCCCN1CCNC(=O)Cc1ccc(F)cc1. The average molecular weight is 278 g/mol. The van der Waals surface area contributed by atoms with Gasteiger partial charge in [-0.2, -0.15) is 0 Å². The summed E-state index contributed by atoms with van der Waals surface area (Å²) >= 11 is 0. The van der Waals surface area contributed by atoms with Gasteiger partial charge in [0, 0.05) is 19.1 Å². The number of carbonyl (C=O) groups excluding carboxylic acids is 1. The number of halogens is 1. The van der Waals surface area contributed by atoms with Crippen molar-refractivity contribution in [1.29, 1.82) is 0 Å². The second kappa shape index (κ2) is 7.39. The van der Waals surface area contributed by atoms with Gasteiger partial charge in [0.15, 0.2) is 0 Å². The van der Waals surface area contributed by atoms with Crippen LogP contribution >= 0.6 is 0 Å². The van der Waals surface area contributed by atoms with E-state index in [4.69, 9.17) is 0 Å². The molecule has 0 spiro atoms. The Hall–Kier alpha value is -1.42. The highest BCUT2D eigenvalue weighted by Crippen LogP contribution is 2.15. The molecular weight excluding hydrogens is 255 g/mol. The third kappa shape index (κ3) is 4.60. The lowest BCUT2D eigenvalue weighted by atomic mass is 10.0. The molecule has 1 atom stereocenters. The maximum absolute atomic E-state index is 12.8. The highest BCUT2D eigenvalue weighted by Gasteiger charge is 2.17. The lowest BCUT2D eigenvalue weighted by molar-refractivity contribution is -0.120. The Labute approximate surface area is 120 Å². The molecule has 4 heteroatoms. The summed E-state index contributed by atoms with van der Waals surface area (Å²) in [4.78, 5) is 14.2. The van der Waals surface area contributed by atoms with Crippen molar-refractivity contribution in [3.05, 3.63) is 35.6 Å². The third-order valence-electron chi connectivity index (χ3n) is 3.94. The Kier molecular flexibility index (Phi) is 5.53. The van der Waals surface area contributed by atoms with Crippen LogP contribution < -0.4 is 5.32 Å². The molecule has 0 unspecified atom stereocenters. The number of amides is 1. The van der Waals surface area contributed by atoms with E-state index in [0.29, 0.717) is 19.0 Å². The number of hydrogen-bond donors (Lipinski definition) is 1. The molecule has 1 aliphatic rings. The van der Waals surface area contributed by atoms with E-state index in [1.54, 1.807) is 12.1 Å². The van der Waals surface area contributed by atoms with E-state index in [1.165, 1.54) is 31.4 Å². The van der Waals surface area contributed by atoms with Crippen molar-refractivity contribution in [2.24, 2.45) is 0 Å². The molecule has 1 aliphatic heterocycles. The number of nitrogens with zero attached hydrogens (tertiary/aromatic N) is 1. The first-order valence-electron chi connectivity index (χ1n) is 7.40. The van der Waals surface area contributed by atoms with E-state index in [1.807, 2.05) is 0 Å². The summed E-state index contributed by atoms with van der Waals surface area (Å²) in [5.41, 5.74) is 0.843. The second-order valence-corrected chi connectivity index (χ2v) is 5.53. The highest BCUT2D eigenvalue weighted by atomic mass is 19.1. The van der Waals surface area contributed by atoms with Gasteiger partial charge in [0.1, 0.15) is 5.82 Å². The van der Waals surface area contributed by atoms with Crippen molar-refractivity contribution < 1.29 is 9.18 Å². The van der Waals surface area contributed by atoms with Crippen molar-refractivity contribution in [2.75, 3.05) is 19.6 Å². The van der Waals surface area contributed by atoms with Crippen LogP contribution in [-0.4, -0.2) is 36.5 Å². The van der Waals surface area contributed by atoms with Gasteiger partial charge in [0.05, 0.1) is 6.42 Å². The number of carbonyl (C=O) groups is 1. The molecule has 2 rings (SSSR count). The Morgan fingerprint density at radius 3 is 2.80 bits per heavy atom. The van der Waals surface area contributed by atoms with Gasteiger partial charge in [-0.3, -0.25) is 9.69 Å². The van der Waals surface area contributed by atoms with E-state index < -0.39 is 0 Å². The summed E-state index contributed by atoms with van der Waals surface area (Å²) < 4.78 is 12.8. The smallest absolute Gasteiger partial charge is 0.224 e. The molecule has 1 N–H and O–H groups in total. The lowest BCUT2D eigenvalue weighted by Gasteiger charge is -2.33. The first kappa shape index (κ1) is 15.0. The Bertz CT molecular complexity index is 433. The molecule has 3 nitrogen and oxygen atoms in total. The van der Waals surface area contributed by atoms with Crippen LogP contribution in [0.25, 0.3) is 0 Å². The minimum atomic E-state index is -0.270. The summed E-state index contributed by atoms with van der Waals surface area (Å²) in [6, 6.07) is 6.71. The fourth-order valence-electron chi connectivity index (χ4n) is 2.68. The van der Waals surface area contributed by atoms with Crippen LogP contribution in [0.4, 0.5) is 4.39 Å². The summed E-state index contributed by atoms with van der Waals surface area (Å²) in [5.74, 6) is -0.269. The molecule has 0 aliphatic carbocycles. The minimum absolute atomic E-state index is 0.00118. The highest BCUT2D eigenvalue weighted by molar-refractivity contribution is 5.78. The fraction of sp³-hybridized carbons (Fsp3) is 0.562. The van der Waals surface area contributed by atoms with Gasteiger partial charge in [-0.25, -0.2) is 4.39 Å². The van der Waals surface area contributed by atoms with Crippen LogP contribution in [0.15, 0.2) is 24.3 Å². The van der Waals surface area contributed by atoms with Gasteiger partial charge < -0.3 is 5.32 Å². The van der Waals surface area contributed by atoms with Crippen LogP contribution in [0.2, 0.25) is 0 Å². The van der Waals surface area contributed by atoms with Crippen LogP contribution in [0.3, 0.4) is 0 Å². The fourth-order valence-corrected chi connectivity index (χ4v) is 2.68. The van der Waals surface area contributed by atoms with Gasteiger partial charge in [-0.15, -0.1) is 0 Å². The molecule has 0 aromatic heterocycles. The molecule has 20 heavy (non-hydrogen) atoms. The van der Waals surface area contributed by atoms with E-state index in [9.17, 15) is 9.18 Å². The number of hydrogen-bond acceptors (Lipinski definition) is 2. The predicted molar refractivity (Wildman–Crippen MR) is 78.0 cm³/mol. The van der Waals surface area contributed by atoms with Crippen molar-refractivity contribution in [2.45, 2.75) is 38.6 Å². The first-order chi connectivity index (χ1) is 9.65. The molecule has 0 bridgehead atoms. The number of rotatable bonds is 5. The second-order valence-electron chi connectivity index (χ2n) is 5.53. The number of piperidine rings is 1. The van der Waals surface area contributed by atoms with Crippen molar-refractivity contribution in [3.63, 3.8) is 0 Å². The van der Waals surface area contributed by atoms with Gasteiger partial charge in [0.2, 0.25) is 5.91 Å². The van der Waals surface area contributed by atoms with Crippen LogP contribution in [-0.2, 0) is 11.2 Å². The Morgan fingerprint density at radius 1 is 1.35 bits per heavy atom. The van der Waals surface area contributed by atoms with E-state index >= 15 is 0 Å². The topological polar surface area (TPSA) is 32.3 Å². The number of nitrogens with one attached hydrogen (secondary N) is 1. The zero-order valence-corrected chi connectivity index (χ0v) is 12.1. The maximum Gasteiger partial charge on any atom is 0.224 e. The van der Waals surface area contributed by atoms with E-state index in [0.717, 1.165) is 18.7 Å². The van der Waals surface area contributed by atoms with Gasteiger partial charge in [-0.05, 0) is 44.0 Å². The zero-order chi connectivity index (χ0) is 14.4. The Balaban J connectivity index is 1.68. The zero-order valence-electron chi connectivity index (χ0n) is 12.1. The van der Waals surface area contributed by atoms with Gasteiger partial charge in [-0.1, -0.05) is 18.6 Å². The molecule has 1 saturated heterocycles. The van der Waals surface area contributed by atoms with Crippen LogP contribution in [0.5, 0.6) is 0 Å². The van der Waals surface area contributed by atoms with E-state index in [2.05, 4.69) is 17.1 Å². The van der Waals surface area contributed by atoms with Gasteiger partial charge >= 0.3 is 0 Å². The normalized spacial score (nSPS) is 19.8. The quantitative estimate of drug-likeness (QED) is 0.896. The minimum Gasteiger partial charge on any atom is -0.355 e. The molecule has 1 aromatic rings. The van der Waals surface area contributed by atoms with Crippen molar-refractivity contribution in [3.8, 4) is 0 Å². The molecular formula is C16H23FN2O. The third-order valence-corrected chi connectivity index (χ3v) is 3.94. The molecule has 0 saturated carbocycles. The summed E-state index contributed by atoms with van der Waals surface area (Å²) in [5, 5.41) is 2.94. The van der Waals surface area contributed by atoms with Crippen LogP contribution in [0, 0.1) is 5.82 Å². The number of benzene rings is 1. The number of likely N-dealkylation sites (tertiary alicyclic amines) is 1. The Morgan fingerprint density at radius 2 is 2.10 bits per heavy atom. The molecule has 1 amide bonds. The molecule has 0 radical (unpaired) electrons. The molecule has 1 heterocycles. The average Bonchev–Trinajstić information content (AvgIpc) is 2.43. The van der Waals surface area contributed by atoms with Crippen molar-refractivity contribution >= 4 is 5.91 Å². The van der Waals surface area contributed by atoms with E-state index in [-0.39, 0.29) is 11.7 Å².